The molecule has 9 heteroatoms. The fourth-order valence-corrected chi connectivity index (χ4v) is 8.16. The van der Waals surface area contributed by atoms with Crippen molar-refractivity contribution < 1.29 is 31.6 Å². The van der Waals surface area contributed by atoms with Crippen molar-refractivity contribution >= 4 is 22.6 Å². The number of hydrogen-bond acceptors (Lipinski definition) is 7. The summed E-state index contributed by atoms with van der Waals surface area (Å²) in [5.74, 6) is 0.897. The van der Waals surface area contributed by atoms with Crippen LogP contribution in [-0.4, -0.2) is 63.1 Å². The summed E-state index contributed by atoms with van der Waals surface area (Å²) < 4.78 is 41.4. The van der Waals surface area contributed by atoms with E-state index >= 15 is 0 Å². The van der Waals surface area contributed by atoms with Gasteiger partial charge in [0, 0.05) is 43.2 Å². The van der Waals surface area contributed by atoms with Crippen molar-refractivity contribution in [1.29, 1.82) is 0 Å². The van der Waals surface area contributed by atoms with E-state index in [1.54, 1.807) is 0 Å². The standard InChI is InChI=1S/C20H34O7Si2/c1-5-23-29(24-6-2,25-7-3)19-9-10-20-17(13-19)14-26-28(4,27-20)12-8-11-21-15-18-16-22-18/h9-10,13,18H,5-8,11-12,14-16H2,1-4H3. The van der Waals surface area contributed by atoms with Gasteiger partial charge < -0.3 is 31.6 Å². The van der Waals surface area contributed by atoms with Gasteiger partial charge in [0.25, 0.3) is 0 Å². The first-order valence-corrected chi connectivity index (χ1v) is 14.9. The zero-order chi connectivity index (χ0) is 20.7. The Hall–Kier alpha value is -0.786. The fourth-order valence-electron chi connectivity index (χ4n) is 3.42. The summed E-state index contributed by atoms with van der Waals surface area (Å²) in [6, 6.07) is 6.99. The molecule has 29 heavy (non-hydrogen) atoms. The van der Waals surface area contributed by atoms with Crippen LogP contribution < -0.4 is 9.61 Å². The maximum Gasteiger partial charge on any atom is 0.537 e. The molecule has 2 atom stereocenters. The Bertz CT molecular complexity index is 639. The van der Waals surface area contributed by atoms with Gasteiger partial charge in [0.15, 0.2) is 0 Å². The lowest BCUT2D eigenvalue weighted by Crippen LogP contribution is -2.57. The van der Waals surface area contributed by atoms with Crippen LogP contribution in [0.5, 0.6) is 5.75 Å². The van der Waals surface area contributed by atoms with E-state index in [4.69, 9.17) is 31.6 Å². The van der Waals surface area contributed by atoms with Crippen molar-refractivity contribution in [3.63, 3.8) is 0 Å². The monoisotopic (exact) mass is 442 g/mol. The van der Waals surface area contributed by atoms with Gasteiger partial charge in [0.1, 0.15) is 11.9 Å². The molecule has 0 saturated carbocycles. The van der Waals surface area contributed by atoms with Gasteiger partial charge in [-0.05, 0) is 45.9 Å². The molecular formula is C20H34O7Si2. The first-order chi connectivity index (χ1) is 14.0. The molecule has 0 bridgehead atoms. The molecule has 7 nitrogen and oxygen atoms in total. The average Bonchev–Trinajstić information content (AvgIpc) is 3.52. The first-order valence-electron chi connectivity index (χ1n) is 10.6. The molecular weight excluding hydrogens is 408 g/mol. The maximum absolute atomic E-state index is 6.34. The molecule has 0 N–H and O–H groups in total. The van der Waals surface area contributed by atoms with Crippen LogP contribution in [0.15, 0.2) is 18.2 Å². The van der Waals surface area contributed by atoms with E-state index in [-0.39, 0.29) is 0 Å². The van der Waals surface area contributed by atoms with Crippen molar-refractivity contribution in [3.8, 4) is 5.75 Å². The van der Waals surface area contributed by atoms with Crippen molar-refractivity contribution in [3.05, 3.63) is 23.8 Å². The molecule has 2 aliphatic rings. The topological polar surface area (TPSA) is 67.9 Å². The van der Waals surface area contributed by atoms with Crippen LogP contribution in [0.25, 0.3) is 0 Å². The van der Waals surface area contributed by atoms with Crippen LogP contribution in [0.3, 0.4) is 0 Å². The van der Waals surface area contributed by atoms with E-state index in [1.165, 1.54) is 0 Å². The van der Waals surface area contributed by atoms with Gasteiger partial charge in [-0.2, -0.15) is 0 Å². The minimum Gasteiger partial charge on any atom is -0.520 e. The van der Waals surface area contributed by atoms with E-state index in [1.807, 2.05) is 32.9 Å². The molecule has 0 radical (unpaired) electrons. The molecule has 3 rings (SSSR count). The van der Waals surface area contributed by atoms with E-state index in [0.29, 0.717) is 45.7 Å². The van der Waals surface area contributed by atoms with Gasteiger partial charge in [-0.1, -0.05) is 6.07 Å². The maximum atomic E-state index is 6.34. The molecule has 0 spiro atoms. The van der Waals surface area contributed by atoms with Crippen molar-refractivity contribution in [2.75, 3.05) is 39.6 Å². The highest BCUT2D eigenvalue weighted by atomic mass is 28.4. The predicted molar refractivity (Wildman–Crippen MR) is 114 cm³/mol. The molecule has 1 aromatic carbocycles. The van der Waals surface area contributed by atoms with Crippen molar-refractivity contribution in [2.45, 2.75) is 52.5 Å². The normalized spacial score (nSPS) is 23.5. The fraction of sp³-hybridized carbons (Fsp3) is 0.700. The number of fused-ring (bicyclic) bond motifs is 1. The molecule has 1 fully saturated rings. The van der Waals surface area contributed by atoms with Crippen LogP contribution in [-0.2, 0) is 33.8 Å². The summed E-state index contributed by atoms with van der Waals surface area (Å²) in [4.78, 5) is 0. The lowest BCUT2D eigenvalue weighted by atomic mass is 10.2. The molecule has 1 aromatic rings. The summed E-state index contributed by atoms with van der Waals surface area (Å²) in [6.07, 6.45) is 1.24. The van der Waals surface area contributed by atoms with Crippen LogP contribution in [0.2, 0.25) is 12.6 Å². The van der Waals surface area contributed by atoms with Gasteiger partial charge >= 0.3 is 17.4 Å². The first kappa shape index (κ1) is 22.9. The van der Waals surface area contributed by atoms with Crippen LogP contribution >= 0.6 is 0 Å². The van der Waals surface area contributed by atoms with Gasteiger partial charge in [-0.15, -0.1) is 0 Å². The quantitative estimate of drug-likeness (QED) is 0.264. The zero-order valence-corrected chi connectivity index (χ0v) is 20.0. The van der Waals surface area contributed by atoms with Gasteiger partial charge in [0.05, 0.1) is 19.8 Å². The van der Waals surface area contributed by atoms with Crippen molar-refractivity contribution in [2.24, 2.45) is 0 Å². The largest absolute Gasteiger partial charge is 0.537 e. The Morgan fingerprint density at radius 1 is 1.10 bits per heavy atom. The predicted octanol–water partition coefficient (Wildman–Crippen LogP) is 2.73. The highest BCUT2D eigenvalue weighted by Gasteiger charge is 2.45. The second kappa shape index (κ2) is 10.5. The Kier molecular flexibility index (Phi) is 8.28. The third kappa shape index (κ3) is 6.11. The number of hydrogen-bond donors (Lipinski definition) is 0. The Balaban J connectivity index is 1.64. The zero-order valence-electron chi connectivity index (χ0n) is 18.0. The number of ether oxygens (including phenoxy) is 2. The molecule has 164 valence electrons. The molecule has 0 amide bonds. The molecule has 2 unspecified atom stereocenters. The minimum atomic E-state index is -2.93. The summed E-state index contributed by atoms with van der Waals surface area (Å²) >= 11 is 0. The van der Waals surface area contributed by atoms with E-state index in [9.17, 15) is 0 Å². The van der Waals surface area contributed by atoms with Crippen molar-refractivity contribution in [1.82, 2.24) is 0 Å². The second-order valence-corrected chi connectivity index (χ2v) is 13.2. The highest BCUT2D eigenvalue weighted by molar-refractivity contribution is 6.75. The highest BCUT2D eigenvalue weighted by Crippen LogP contribution is 2.32. The Morgan fingerprint density at radius 2 is 1.79 bits per heavy atom. The van der Waals surface area contributed by atoms with E-state index in [2.05, 4.69) is 12.6 Å². The lowest BCUT2D eigenvalue weighted by molar-refractivity contribution is 0.0858. The number of benzene rings is 1. The van der Waals surface area contributed by atoms with Gasteiger partial charge in [0.2, 0.25) is 0 Å². The molecule has 2 heterocycles. The van der Waals surface area contributed by atoms with E-state index < -0.39 is 17.4 Å². The molecule has 2 aliphatic heterocycles. The molecule has 0 aromatic heterocycles. The summed E-state index contributed by atoms with van der Waals surface area (Å²) in [5.41, 5.74) is 1.02. The lowest BCUT2D eigenvalue weighted by Gasteiger charge is -2.35. The third-order valence-corrected chi connectivity index (χ3v) is 10.6. The van der Waals surface area contributed by atoms with E-state index in [0.717, 1.165) is 35.6 Å². The van der Waals surface area contributed by atoms with Crippen LogP contribution in [0.1, 0.15) is 32.8 Å². The van der Waals surface area contributed by atoms with Gasteiger partial charge in [-0.25, -0.2) is 0 Å². The second-order valence-electron chi connectivity index (χ2n) is 7.34. The number of rotatable bonds is 13. The van der Waals surface area contributed by atoms with Crippen LogP contribution in [0.4, 0.5) is 0 Å². The molecule has 0 aliphatic carbocycles. The summed E-state index contributed by atoms with van der Waals surface area (Å²) in [5, 5.41) is 0.954. The number of epoxide rings is 1. The summed E-state index contributed by atoms with van der Waals surface area (Å²) in [6.45, 7) is 12.4. The third-order valence-electron chi connectivity index (χ3n) is 4.90. The minimum absolute atomic E-state index is 0.312. The SMILES string of the molecule is CCO[Si](OCC)(OCC)c1ccc2c(c1)CO[Si](C)(CCCOCC1CO1)O2. The smallest absolute Gasteiger partial charge is 0.520 e. The molecule has 1 saturated heterocycles. The Morgan fingerprint density at radius 3 is 2.41 bits per heavy atom. The average molecular weight is 443 g/mol. The van der Waals surface area contributed by atoms with Gasteiger partial charge in [-0.3, -0.25) is 0 Å². The summed E-state index contributed by atoms with van der Waals surface area (Å²) in [7, 11) is -5.18. The Labute approximate surface area is 176 Å². The van der Waals surface area contributed by atoms with Crippen LogP contribution in [0, 0.1) is 0 Å².